The standard InChI is InChI=1S/C31H39N7O2/c1-22(24-7-3-2-4-8-24)35-30-27-19-28(36-31(27)34-21-33-30)25-12-10-23(11-13-25)20-38-17-14-26(15-18-38)32-16-6-5-9-29(39)37-40/h2-4,7-8,10-13,19,21-22,26,32,40H,5-6,9,14-18,20H2,1H3,(H,37,39)(H2,33,34,35,36)/t22-/m1/s1. The molecule has 4 aromatic rings. The van der Waals surface area contributed by atoms with E-state index < -0.39 is 0 Å². The molecule has 210 valence electrons. The fourth-order valence-electron chi connectivity index (χ4n) is 5.36. The SMILES string of the molecule is C[C@@H](Nc1ncnc2[nH]c(-c3ccc(CN4CCC(NCCCCC(=O)NO)CC4)cc3)cc12)c1ccccc1. The van der Waals surface area contributed by atoms with Gasteiger partial charge in [-0.1, -0.05) is 54.6 Å². The number of nitrogens with one attached hydrogen (secondary N) is 4. The van der Waals surface area contributed by atoms with Crippen molar-refractivity contribution in [2.75, 3.05) is 25.0 Å². The second kappa shape index (κ2) is 13.5. The lowest BCUT2D eigenvalue weighted by atomic mass is 10.0. The summed E-state index contributed by atoms with van der Waals surface area (Å²) in [7, 11) is 0. The Morgan fingerprint density at radius 2 is 1.85 bits per heavy atom. The fraction of sp³-hybridized carbons (Fsp3) is 0.387. The molecule has 0 radical (unpaired) electrons. The molecule has 1 saturated heterocycles. The number of hydrogen-bond acceptors (Lipinski definition) is 7. The second-order valence-electron chi connectivity index (χ2n) is 10.6. The number of unbranched alkanes of at least 4 members (excludes halogenated alkanes) is 1. The number of fused-ring (bicyclic) bond motifs is 1. The van der Waals surface area contributed by atoms with Crippen LogP contribution in [0.2, 0.25) is 0 Å². The number of piperidine rings is 1. The highest BCUT2D eigenvalue weighted by Crippen LogP contribution is 2.29. The molecule has 9 nitrogen and oxygen atoms in total. The van der Waals surface area contributed by atoms with Gasteiger partial charge in [-0.15, -0.1) is 0 Å². The normalized spacial score (nSPS) is 15.2. The van der Waals surface area contributed by atoms with Crippen molar-refractivity contribution in [1.29, 1.82) is 0 Å². The third kappa shape index (κ3) is 7.24. The maximum absolute atomic E-state index is 11.1. The van der Waals surface area contributed by atoms with Gasteiger partial charge in [0.1, 0.15) is 17.8 Å². The minimum Gasteiger partial charge on any atom is -0.363 e. The highest BCUT2D eigenvalue weighted by atomic mass is 16.5. The Balaban J connectivity index is 1.12. The zero-order valence-corrected chi connectivity index (χ0v) is 23.1. The van der Waals surface area contributed by atoms with Crippen LogP contribution in [0.4, 0.5) is 5.82 Å². The Hall–Kier alpha value is -3.79. The van der Waals surface area contributed by atoms with Crippen molar-refractivity contribution < 1.29 is 10.0 Å². The Morgan fingerprint density at radius 1 is 1.07 bits per heavy atom. The van der Waals surface area contributed by atoms with Gasteiger partial charge in [0.15, 0.2) is 0 Å². The molecular weight excluding hydrogens is 502 g/mol. The smallest absolute Gasteiger partial charge is 0.243 e. The number of anilines is 1. The number of carbonyl (C=O) groups excluding carboxylic acids is 1. The molecule has 2 aromatic carbocycles. The number of nitrogens with zero attached hydrogens (tertiary/aromatic N) is 3. The Morgan fingerprint density at radius 3 is 2.60 bits per heavy atom. The summed E-state index contributed by atoms with van der Waals surface area (Å²) in [5.74, 6) is 0.514. The zero-order chi connectivity index (χ0) is 27.7. The molecule has 1 amide bonds. The van der Waals surface area contributed by atoms with Crippen LogP contribution in [0.15, 0.2) is 67.0 Å². The first-order chi connectivity index (χ1) is 19.6. The number of carbonyl (C=O) groups is 1. The molecule has 1 aliphatic heterocycles. The van der Waals surface area contributed by atoms with Crippen LogP contribution in [0, 0.1) is 0 Å². The highest BCUT2D eigenvalue weighted by molar-refractivity contribution is 5.91. The van der Waals surface area contributed by atoms with Crippen molar-refractivity contribution in [3.8, 4) is 11.3 Å². The average molecular weight is 542 g/mol. The van der Waals surface area contributed by atoms with E-state index in [1.807, 2.05) is 6.07 Å². The topological polar surface area (TPSA) is 118 Å². The van der Waals surface area contributed by atoms with Crippen molar-refractivity contribution in [2.24, 2.45) is 0 Å². The number of hydroxylamine groups is 1. The molecule has 1 atom stereocenters. The Labute approximate surface area is 235 Å². The van der Waals surface area contributed by atoms with Gasteiger partial charge in [0.05, 0.1) is 5.39 Å². The number of benzene rings is 2. The number of aromatic nitrogens is 3. The van der Waals surface area contributed by atoms with Gasteiger partial charge in [0.25, 0.3) is 0 Å². The van der Waals surface area contributed by atoms with Gasteiger partial charge < -0.3 is 15.6 Å². The summed E-state index contributed by atoms with van der Waals surface area (Å²) in [6, 6.07) is 22.0. The largest absolute Gasteiger partial charge is 0.363 e. The van der Waals surface area contributed by atoms with E-state index in [9.17, 15) is 4.79 Å². The number of H-pyrrole nitrogens is 1. The van der Waals surface area contributed by atoms with Crippen molar-refractivity contribution in [1.82, 2.24) is 30.6 Å². The number of aromatic amines is 1. The first kappa shape index (κ1) is 27.8. The molecule has 40 heavy (non-hydrogen) atoms. The van der Waals surface area contributed by atoms with E-state index in [2.05, 4.69) is 92.0 Å². The summed E-state index contributed by atoms with van der Waals surface area (Å²) >= 11 is 0. The molecule has 3 heterocycles. The van der Waals surface area contributed by atoms with E-state index in [0.29, 0.717) is 12.5 Å². The van der Waals surface area contributed by atoms with Crippen molar-refractivity contribution in [2.45, 2.75) is 57.7 Å². The van der Waals surface area contributed by atoms with Crippen LogP contribution in [0.1, 0.15) is 56.2 Å². The van der Waals surface area contributed by atoms with Crippen molar-refractivity contribution >= 4 is 22.8 Å². The Bertz CT molecular complexity index is 1370. The number of amides is 1. The molecule has 5 N–H and O–H groups in total. The molecule has 1 aliphatic rings. The van der Waals surface area contributed by atoms with Gasteiger partial charge in [-0.3, -0.25) is 14.9 Å². The summed E-state index contributed by atoms with van der Waals surface area (Å²) in [6.07, 6.45) is 5.95. The third-order valence-corrected chi connectivity index (χ3v) is 7.73. The molecule has 0 aliphatic carbocycles. The van der Waals surface area contributed by atoms with Crippen LogP contribution in [-0.4, -0.2) is 56.6 Å². The number of likely N-dealkylation sites (tertiary alicyclic amines) is 1. The number of hydrogen-bond donors (Lipinski definition) is 5. The van der Waals surface area contributed by atoms with Crippen LogP contribution in [0.3, 0.4) is 0 Å². The van der Waals surface area contributed by atoms with Gasteiger partial charge in [0, 0.05) is 30.7 Å². The van der Waals surface area contributed by atoms with E-state index in [1.165, 1.54) is 11.1 Å². The predicted octanol–water partition coefficient (Wildman–Crippen LogP) is 5.03. The first-order valence-corrected chi connectivity index (χ1v) is 14.2. The molecule has 0 bridgehead atoms. The quantitative estimate of drug-likeness (QED) is 0.0970. The van der Waals surface area contributed by atoms with Crippen LogP contribution >= 0.6 is 0 Å². The highest BCUT2D eigenvalue weighted by Gasteiger charge is 2.19. The lowest BCUT2D eigenvalue weighted by Crippen LogP contribution is -2.42. The minimum absolute atomic E-state index is 0.130. The van der Waals surface area contributed by atoms with Gasteiger partial charge in [-0.2, -0.15) is 0 Å². The molecule has 0 saturated carbocycles. The molecule has 5 rings (SSSR count). The van der Waals surface area contributed by atoms with Crippen molar-refractivity contribution in [3.63, 3.8) is 0 Å². The van der Waals surface area contributed by atoms with Crippen LogP contribution < -0.4 is 16.1 Å². The summed E-state index contributed by atoms with van der Waals surface area (Å²) < 4.78 is 0. The minimum atomic E-state index is -0.312. The zero-order valence-electron chi connectivity index (χ0n) is 23.1. The second-order valence-corrected chi connectivity index (χ2v) is 10.6. The van der Waals surface area contributed by atoms with Gasteiger partial charge in [0.2, 0.25) is 5.91 Å². The average Bonchev–Trinajstić information content (AvgIpc) is 3.44. The summed E-state index contributed by atoms with van der Waals surface area (Å²) in [4.78, 5) is 26.0. The maximum atomic E-state index is 11.1. The summed E-state index contributed by atoms with van der Waals surface area (Å²) in [5.41, 5.74) is 7.19. The van der Waals surface area contributed by atoms with Gasteiger partial charge in [-0.05, 0) is 75.0 Å². The molecule has 2 aromatic heterocycles. The van der Waals surface area contributed by atoms with E-state index in [4.69, 9.17) is 5.21 Å². The van der Waals surface area contributed by atoms with Crippen LogP contribution in [0.25, 0.3) is 22.3 Å². The molecule has 1 fully saturated rings. The van der Waals surface area contributed by atoms with E-state index >= 15 is 0 Å². The first-order valence-electron chi connectivity index (χ1n) is 14.2. The Kier molecular flexibility index (Phi) is 9.38. The molecule has 0 unspecified atom stereocenters. The number of rotatable bonds is 12. The van der Waals surface area contributed by atoms with Crippen molar-refractivity contribution in [3.05, 3.63) is 78.1 Å². The van der Waals surface area contributed by atoms with Crippen LogP contribution in [0.5, 0.6) is 0 Å². The third-order valence-electron chi connectivity index (χ3n) is 7.73. The lowest BCUT2D eigenvalue weighted by molar-refractivity contribution is -0.129. The monoisotopic (exact) mass is 541 g/mol. The van der Waals surface area contributed by atoms with Gasteiger partial charge in [-0.25, -0.2) is 15.4 Å². The molecular formula is C31H39N7O2. The summed E-state index contributed by atoms with van der Waals surface area (Å²) in [6.45, 7) is 6.15. The molecule has 0 spiro atoms. The molecule has 9 heteroatoms. The van der Waals surface area contributed by atoms with E-state index in [0.717, 1.165) is 80.0 Å². The maximum Gasteiger partial charge on any atom is 0.243 e. The lowest BCUT2D eigenvalue weighted by Gasteiger charge is -2.32. The van der Waals surface area contributed by atoms with Gasteiger partial charge >= 0.3 is 0 Å². The summed E-state index contributed by atoms with van der Waals surface area (Å²) in [5, 5.41) is 16.7. The fourth-order valence-corrected chi connectivity index (χ4v) is 5.36. The predicted molar refractivity (Wildman–Crippen MR) is 158 cm³/mol. The van der Waals surface area contributed by atoms with E-state index in [1.54, 1.807) is 11.8 Å². The van der Waals surface area contributed by atoms with E-state index in [-0.39, 0.29) is 11.9 Å². The van der Waals surface area contributed by atoms with Crippen LogP contribution in [-0.2, 0) is 11.3 Å².